The second-order valence-corrected chi connectivity index (χ2v) is 15.4. The SMILES string of the molecule is CC1(C)c2cc(-c3ccc4oc5ccccc5c4c3)ccc2-c2ccc(-n3c4ccccc4c4cc5c(cc43)c3ccccc3n5-c3ccccc3)cc21. The molecule has 0 atom stereocenters. The molecule has 3 aromatic heterocycles. The van der Waals surface area contributed by atoms with Crippen molar-refractivity contribution in [1.82, 2.24) is 9.13 Å². The minimum absolute atomic E-state index is 0.182. The van der Waals surface area contributed by atoms with Crippen molar-refractivity contribution in [1.29, 1.82) is 0 Å². The fraction of sp³-hybridized carbons (Fsp3) is 0.0588. The van der Waals surface area contributed by atoms with E-state index in [0.29, 0.717) is 0 Å². The first kappa shape index (κ1) is 29.7. The summed E-state index contributed by atoms with van der Waals surface area (Å²) < 4.78 is 11.0. The van der Waals surface area contributed by atoms with Crippen molar-refractivity contribution in [3.8, 4) is 33.6 Å². The Hall–Kier alpha value is -6.84. The minimum atomic E-state index is -0.182. The lowest BCUT2D eigenvalue weighted by Gasteiger charge is -2.23. The van der Waals surface area contributed by atoms with E-state index in [1.165, 1.54) is 88.4 Å². The average Bonchev–Trinajstić information content (AvgIpc) is 3.92. The molecule has 3 heterocycles. The maximum Gasteiger partial charge on any atom is 0.135 e. The van der Waals surface area contributed by atoms with Gasteiger partial charge in [0.1, 0.15) is 11.2 Å². The third kappa shape index (κ3) is 3.96. The molecule has 254 valence electrons. The molecule has 0 bridgehead atoms. The molecule has 0 aliphatic heterocycles. The van der Waals surface area contributed by atoms with E-state index >= 15 is 0 Å². The van der Waals surface area contributed by atoms with E-state index in [-0.39, 0.29) is 5.41 Å². The van der Waals surface area contributed by atoms with Crippen LogP contribution in [0.3, 0.4) is 0 Å². The van der Waals surface area contributed by atoms with E-state index in [1.807, 2.05) is 12.1 Å². The fourth-order valence-electron chi connectivity index (χ4n) is 9.51. The van der Waals surface area contributed by atoms with Gasteiger partial charge >= 0.3 is 0 Å². The standard InChI is InChI=1S/C51H34N2O/c1-51(2)43-27-32(31-21-25-50-42(26-31)39-16-8-11-19-49(39)54-50)20-23-35(43)36-24-22-34(28-44(36)51)53-46-18-10-7-15-38(46)41-29-47-40(30-48(41)53)37-14-6-9-17-45(37)52(47)33-12-4-3-5-13-33/h3-30H,1-2H3. The predicted octanol–water partition coefficient (Wildman–Crippen LogP) is 13.8. The van der Waals surface area contributed by atoms with Crippen LogP contribution in [0.25, 0.3) is 99.2 Å². The number of nitrogens with zero attached hydrogens (tertiary/aromatic N) is 2. The van der Waals surface area contributed by atoms with Gasteiger partial charge in [-0.25, -0.2) is 0 Å². The molecular formula is C51H34N2O. The van der Waals surface area contributed by atoms with Crippen LogP contribution in [-0.2, 0) is 5.41 Å². The Morgan fingerprint density at radius 1 is 0.370 bits per heavy atom. The highest BCUT2D eigenvalue weighted by molar-refractivity contribution is 6.19. The van der Waals surface area contributed by atoms with Gasteiger partial charge in [-0.05, 0) is 106 Å². The Morgan fingerprint density at radius 2 is 0.907 bits per heavy atom. The second-order valence-electron chi connectivity index (χ2n) is 15.4. The van der Waals surface area contributed by atoms with E-state index in [0.717, 1.165) is 21.9 Å². The van der Waals surface area contributed by atoms with Gasteiger partial charge in [-0.15, -0.1) is 0 Å². The number of fused-ring (bicyclic) bond motifs is 12. The lowest BCUT2D eigenvalue weighted by Crippen LogP contribution is -2.15. The summed E-state index contributed by atoms with van der Waals surface area (Å²) in [5.41, 5.74) is 16.7. The van der Waals surface area contributed by atoms with Crippen molar-refractivity contribution in [2.75, 3.05) is 0 Å². The zero-order valence-corrected chi connectivity index (χ0v) is 30.0. The van der Waals surface area contributed by atoms with Gasteiger partial charge in [-0.2, -0.15) is 0 Å². The van der Waals surface area contributed by atoms with Crippen LogP contribution >= 0.6 is 0 Å². The summed E-state index contributed by atoms with van der Waals surface area (Å²) in [7, 11) is 0. The van der Waals surface area contributed by atoms with Crippen LogP contribution in [0.4, 0.5) is 0 Å². The largest absolute Gasteiger partial charge is 0.456 e. The number of hydrogen-bond donors (Lipinski definition) is 0. The van der Waals surface area contributed by atoms with Gasteiger partial charge in [0.15, 0.2) is 0 Å². The maximum atomic E-state index is 6.14. The van der Waals surface area contributed by atoms with Crippen molar-refractivity contribution in [3.05, 3.63) is 181 Å². The van der Waals surface area contributed by atoms with Crippen LogP contribution in [0.15, 0.2) is 174 Å². The molecule has 54 heavy (non-hydrogen) atoms. The number of aromatic nitrogens is 2. The van der Waals surface area contributed by atoms with Crippen LogP contribution in [0.5, 0.6) is 0 Å². The van der Waals surface area contributed by atoms with Crippen LogP contribution in [0.1, 0.15) is 25.0 Å². The molecule has 0 fully saturated rings. The minimum Gasteiger partial charge on any atom is -0.456 e. The smallest absolute Gasteiger partial charge is 0.135 e. The van der Waals surface area contributed by atoms with Gasteiger partial charge in [-0.1, -0.05) is 111 Å². The van der Waals surface area contributed by atoms with Crippen LogP contribution in [0, 0.1) is 0 Å². The van der Waals surface area contributed by atoms with Crippen molar-refractivity contribution in [2.45, 2.75) is 19.3 Å². The number of rotatable bonds is 3. The number of furan rings is 1. The maximum absolute atomic E-state index is 6.14. The summed E-state index contributed by atoms with van der Waals surface area (Å²) in [6, 6.07) is 62.3. The van der Waals surface area contributed by atoms with E-state index in [1.54, 1.807) is 0 Å². The summed E-state index contributed by atoms with van der Waals surface area (Å²) in [6.07, 6.45) is 0. The monoisotopic (exact) mass is 690 g/mol. The molecule has 11 aromatic rings. The topological polar surface area (TPSA) is 23.0 Å². The van der Waals surface area contributed by atoms with E-state index < -0.39 is 0 Å². The average molecular weight is 691 g/mol. The number of benzene rings is 8. The van der Waals surface area contributed by atoms with Crippen LogP contribution in [0.2, 0.25) is 0 Å². The van der Waals surface area contributed by atoms with Gasteiger partial charge in [0.25, 0.3) is 0 Å². The van der Waals surface area contributed by atoms with Crippen LogP contribution in [-0.4, -0.2) is 9.13 Å². The van der Waals surface area contributed by atoms with Gasteiger partial charge in [0.2, 0.25) is 0 Å². The van der Waals surface area contributed by atoms with Crippen molar-refractivity contribution < 1.29 is 4.42 Å². The zero-order valence-electron chi connectivity index (χ0n) is 30.0. The van der Waals surface area contributed by atoms with Crippen LogP contribution < -0.4 is 0 Å². The Labute approximate surface area is 311 Å². The highest BCUT2D eigenvalue weighted by Crippen LogP contribution is 2.51. The quantitative estimate of drug-likeness (QED) is 0.181. The van der Waals surface area contributed by atoms with Crippen molar-refractivity contribution in [2.24, 2.45) is 0 Å². The molecule has 12 rings (SSSR count). The molecular weight excluding hydrogens is 657 g/mol. The molecule has 0 spiro atoms. The van der Waals surface area contributed by atoms with Crippen molar-refractivity contribution in [3.63, 3.8) is 0 Å². The molecule has 0 N–H and O–H groups in total. The van der Waals surface area contributed by atoms with Gasteiger partial charge in [-0.3, -0.25) is 0 Å². The summed E-state index contributed by atoms with van der Waals surface area (Å²) in [5, 5.41) is 7.35. The van der Waals surface area contributed by atoms with Crippen molar-refractivity contribution >= 4 is 65.6 Å². The highest BCUT2D eigenvalue weighted by Gasteiger charge is 2.36. The highest BCUT2D eigenvalue weighted by atomic mass is 16.3. The van der Waals surface area contributed by atoms with E-state index in [9.17, 15) is 0 Å². The molecule has 8 aromatic carbocycles. The van der Waals surface area contributed by atoms with Gasteiger partial charge in [0.05, 0.1) is 22.1 Å². The van der Waals surface area contributed by atoms with E-state index in [2.05, 4.69) is 181 Å². The molecule has 0 radical (unpaired) electrons. The molecule has 0 saturated carbocycles. The van der Waals surface area contributed by atoms with E-state index in [4.69, 9.17) is 4.42 Å². The summed E-state index contributed by atoms with van der Waals surface area (Å²) in [5.74, 6) is 0. The molecule has 3 nitrogen and oxygen atoms in total. The Bertz CT molecular complexity index is 3350. The molecule has 0 amide bonds. The lowest BCUT2D eigenvalue weighted by atomic mass is 9.81. The molecule has 1 aliphatic carbocycles. The van der Waals surface area contributed by atoms with Gasteiger partial charge < -0.3 is 13.6 Å². The molecule has 3 heteroatoms. The molecule has 0 unspecified atom stereocenters. The fourth-order valence-corrected chi connectivity index (χ4v) is 9.51. The summed E-state index contributed by atoms with van der Waals surface area (Å²) in [4.78, 5) is 0. The van der Waals surface area contributed by atoms with Gasteiger partial charge in [0, 0.05) is 49.1 Å². The normalized spacial score (nSPS) is 13.5. The Morgan fingerprint density at radius 3 is 1.63 bits per heavy atom. The first-order valence-corrected chi connectivity index (χ1v) is 18.8. The Kier molecular flexibility index (Phi) is 5.84. The first-order valence-electron chi connectivity index (χ1n) is 18.8. The third-order valence-corrected chi connectivity index (χ3v) is 12.1. The first-order chi connectivity index (χ1) is 26.5. The predicted molar refractivity (Wildman–Crippen MR) is 225 cm³/mol. The zero-order chi connectivity index (χ0) is 35.7. The molecule has 1 aliphatic rings. The molecule has 0 saturated heterocycles. The summed E-state index contributed by atoms with van der Waals surface area (Å²) >= 11 is 0. The second kappa shape index (κ2) is 10.6. The Balaban J connectivity index is 1.03. The third-order valence-electron chi connectivity index (χ3n) is 12.1. The number of hydrogen-bond acceptors (Lipinski definition) is 1. The number of para-hydroxylation sites is 4. The summed E-state index contributed by atoms with van der Waals surface area (Å²) in [6.45, 7) is 4.76. The lowest BCUT2D eigenvalue weighted by molar-refractivity contribution is 0.660.